The molecule has 0 spiro atoms. The summed E-state index contributed by atoms with van der Waals surface area (Å²) in [6.45, 7) is 12.4. The molecule has 7 heteroatoms. The molecule has 0 aliphatic rings. The van der Waals surface area contributed by atoms with Gasteiger partial charge in [-0.05, 0) is 34.6 Å². The van der Waals surface area contributed by atoms with Crippen LogP contribution in [0.3, 0.4) is 0 Å². The van der Waals surface area contributed by atoms with E-state index in [-0.39, 0.29) is 5.91 Å². The van der Waals surface area contributed by atoms with E-state index in [0.717, 1.165) is 40.4 Å². The molecular weight excluding hydrogens is 318 g/mol. The molecule has 0 aromatic carbocycles. The molecule has 0 aliphatic heterocycles. The van der Waals surface area contributed by atoms with Crippen LogP contribution in [0.1, 0.15) is 40.8 Å². The monoisotopic (exact) mass is 347 g/mol. The smallest absolute Gasteiger partial charge is 0.227 e. The maximum absolute atomic E-state index is 12.9. The van der Waals surface area contributed by atoms with E-state index in [0.29, 0.717) is 26.1 Å². The zero-order chi connectivity index (χ0) is 18.6. The third-order valence-corrected chi connectivity index (χ3v) is 4.71. The fourth-order valence-corrected chi connectivity index (χ4v) is 3.05. The molecule has 0 atom stereocenters. The first-order valence-electron chi connectivity index (χ1n) is 8.69. The van der Waals surface area contributed by atoms with Gasteiger partial charge >= 0.3 is 0 Å². The van der Waals surface area contributed by atoms with Gasteiger partial charge in [-0.25, -0.2) is 0 Å². The van der Waals surface area contributed by atoms with Crippen molar-refractivity contribution in [2.24, 2.45) is 0 Å². The molecule has 0 saturated carbocycles. The number of rotatable bonds is 8. The zero-order valence-corrected chi connectivity index (χ0v) is 16.1. The summed E-state index contributed by atoms with van der Waals surface area (Å²) >= 11 is 0. The van der Waals surface area contributed by atoms with Crippen molar-refractivity contribution in [2.45, 2.75) is 54.1 Å². The average Bonchev–Trinajstić information content (AvgIpc) is 3.04. The van der Waals surface area contributed by atoms with Crippen molar-refractivity contribution in [2.75, 3.05) is 20.3 Å². The molecular formula is C18H29N5O2. The Kier molecular flexibility index (Phi) is 6.36. The van der Waals surface area contributed by atoms with Crippen LogP contribution in [0.25, 0.3) is 0 Å². The van der Waals surface area contributed by atoms with Gasteiger partial charge in [0.25, 0.3) is 0 Å². The van der Waals surface area contributed by atoms with E-state index in [1.54, 1.807) is 7.11 Å². The highest BCUT2D eigenvalue weighted by molar-refractivity contribution is 5.79. The minimum Gasteiger partial charge on any atom is -0.383 e. The van der Waals surface area contributed by atoms with Crippen molar-refractivity contribution in [3.05, 3.63) is 33.9 Å². The molecule has 0 bridgehead atoms. The highest BCUT2D eigenvalue weighted by Crippen LogP contribution is 2.18. The second kappa shape index (κ2) is 8.29. The van der Waals surface area contributed by atoms with Crippen molar-refractivity contribution in [1.82, 2.24) is 24.9 Å². The Labute approximate surface area is 149 Å². The van der Waals surface area contributed by atoms with Crippen molar-refractivity contribution < 1.29 is 9.53 Å². The van der Waals surface area contributed by atoms with Gasteiger partial charge in [0.05, 0.1) is 24.4 Å². The lowest BCUT2D eigenvalue weighted by atomic mass is 10.1. The fraction of sp³-hybridized carbons (Fsp3) is 0.611. The van der Waals surface area contributed by atoms with E-state index in [1.165, 1.54) is 0 Å². The van der Waals surface area contributed by atoms with Crippen LogP contribution < -0.4 is 0 Å². The summed E-state index contributed by atoms with van der Waals surface area (Å²) in [6.07, 6.45) is 0.345. The Morgan fingerprint density at radius 1 is 1.20 bits per heavy atom. The predicted molar refractivity (Wildman–Crippen MR) is 96.4 cm³/mol. The van der Waals surface area contributed by atoms with Gasteiger partial charge in [-0.15, -0.1) is 0 Å². The van der Waals surface area contributed by atoms with E-state index in [1.807, 2.05) is 30.4 Å². The van der Waals surface area contributed by atoms with Gasteiger partial charge in [0.1, 0.15) is 0 Å². The molecule has 0 saturated heterocycles. The highest BCUT2D eigenvalue weighted by atomic mass is 16.5. The normalized spacial score (nSPS) is 11.1. The van der Waals surface area contributed by atoms with Gasteiger partial charge < -0.3 is 9.64 Å². The fourth-order valence-electron chi connectivity index (χ4n) is 3.05. The number of amides is 1. The number of nitrogens with zero attached hydrogens (tertiary/aromatic N) is 4. The third-order valence-electron chi connectivity index (χ3n) is 4.71. The van der Waals surface area contributed by atoms with Crippen LogP contribution in [0, 0.1) is 27.7 Å². The van der Waals surface area contributed by atoms with Gasteiger partial charge in [-0.2, -0.15) is 10.2 Å². The number of aromatic amines is 1. The summed E-state index contributed by atoms with van der Waals surface area (Å²) in [5.41, 5.74) is 6.01. The molecule has 138 valence electrons. The van der Waals surface area contributed by atoms with E-state index < -0.39 is 0 Å². The number of nitrogens with one attached hydrogen (secondary N) is 1. The Morgan fingerprint density at radius 3 is 2.44 bits per heavy atom. The maximum atomic E-state index is 12.9. The van der Waals surface area contributed by atoms with Crippen LogP contribution in [0.4, 0.5) is 0 Å². The van der Waals surface area contributed by atoms with Gasteiger partial charge in [0, 0.05) is 49.3 Å². The molecule has 0 fully saturated rings. The van der Waals surface area contributed by atoms with E-state index in [2.05, 4.69) is 29.1 Å². The Morgan fingerprint density at radius 2 is 1.92 bits per heavy atom. The first-order valence-corrected chi connectivity index (χ1v) is 8.69. The standard InChI is InChI=1S/C18H29N5O2/c1-7-23-15(5)17(14(4)21-23)11-22(8-9-25-6)18(24)10-16-12(2)19-20-13(16)3/h7-11H2,1-6H3,(H,19,20). The average molecular weight is 347 g/mol. The van der Waals surface area contributed by atoms with E-state index in [4.69, 9.17) is 4.74 Å². The van der Waals surface area contributed by atoms with Gasteiger partial charge in [-0.1, -0.05) is 0 Å². The van der Waals surface area contributed by atoms with Crippen LogP contribution in [0.2, 0.25) is 0 Å². The summed E-state index contributed by atoms with van der Waals surface area (Å²) in [5.74, 6) is 0.0766. The van der Waals surface area contributed by atoms with Crippen molar-refractivity contribution in [3.8, 4) is 0 Å². The molecule has 2 aromatic rings. The molecule has 25 heavy (non-hydrogen) atoms. The summed E-state index contributed by atoms with van der Waals surface area (Å²) in [5, 5.41) is 11.7. The lowest BCUT2D eigenvalue weighted by Gasteiger charge is -2.23. The van der Waals surface area contributed by atoms with Gasteiger partial charge in [0.15, 0.2) is 0 Å². The SMILES string of the molecule is CCn1nc(C)c(CN(CCOC)C(=O)Cc2c(C)n[nH]c2C)c1C. The van der Waals surface area contributed by atoms with E-state index >= 15 is 0 Å². The Balaban J connectivity index is 2.21. The molecule has 1 amide bonds. The molecule has 2 aromatic heterocycles. The maximum Gasteiger partial charge on any atom is 0.227 e. The summed E-state index contributed by atoms with van der Waals surface area (Å²) in [7, 11) is 1.65. The third kappa shape index (κ3) is 4.28. The number of aromatic nitrogens is 4. The molecule has 0 unspecified atom stereocenters. The van der Waals surface area contributed by atoms with Crippen LogP contribution in [-0.4, -0.2) is 51.0 Å². The minimum atomic E-state index is 0.0766. The number of carbonyl (C=O) groups excluding carboxylic acids is 1. The highest BCUT2D eigenvalue weighted by Gasteiger charge is 2.21. The zero-order valence-electron chi connectivity index (χ0n) is 16.1. The number of carbonyl (C=O) groups is 1. The van der Waals surface area contributed by atoms with Crippen LogP contribution in [0.15, 0.2) is 0 Å². The lowest BCUT2D eigenvalue weighted by Crippen LogP contribution is -2.35. The molecule has 2 rings (SSSR count). The van der Waals surface area contributed by atoms with Crippen molar-refractivity contribution in [1.29, 1.82) is 0 Å². The second-order valence-corrected chi connectivity index (χ2v) is 6.36. The van der Waals surface area contributed by atoms with E-state index in [9.17, 15) is 4.79 Å². The summed E-state index contributed by atoms with van der Waals surface area (Å²) in [6, 6.07) is 0. The Bertz CT molecular complexity index is 713. The number of hydrogen-bond acceptors (Lipinski definition) is 4. The quantitative estimate of drug-likeness (QED) is 0.793. The number of aryl methyl sites for hydroxylation is 4. The Hall–Kier alpha value is -2.15. The molecule has 0 radical (unpaired) electrons. The summed E-state index contributed by atoms with van der Waals surface area (Å²) < 4.78 is 7.18. The summed E-state index contributed by atoms with van der Waals surface area (Å²) in [4.78, 5) is 14.8. The molecule has 0 aliphatic carbocycles. The molecule has 2 heterocycles. The number of ether oxygens (including phenoxy) is 1. The van der Waals surface area contributed by atoms with Crippen LogP contribution in [-0.2, 0) is 29.0 Å². The second-order valence-electron chi connectivity index (χ2n) is 6.36. The first-order chi connectivity index (χ1) is 11.9. The number of hydrogen-bond donors (Lipinski definition) is 1. The molecule has 7 nitrogen and oxygen atoms in total. The van der Waals surface area contributed by atoms with Crippen molar-refractivity contribution >= 4 is 5.91 Å². The number of H-pyrrole nitrogens is 1. The molecule has 1 N–H and O–H groups in total. The minimum absolute atomic E-state index is 0.0766. The van der Waals surface area contributed by atoms with Crippen molar-refractivity contribution in [3.63, 3.8) is 0 Å². The largest absolute Gasteiger partial charge is 0.383 e. The predicted octanol–water partition coefficient (Wildman–Crippen LogP) is 2.08. The van der Waals surface area contributed by atoms with Gasteiger partial charge in [0.2, 0.25) is 5.91 Å². The number of methoxy groups -OCH3 is 1. The van der Waals surface area contributed by atoms with Crippen LogP contribution >= 0.6 is 0 Å². The van der Waals surface area contributed by atoms with Crippen LogP contribution in [0.5, 0.6) is 0 Å². The first kappa shape index (κ1) is 19.2. The topological polar surface area (TPSA) is 76.0 Å². The lowest BCUT2D eigenvalue weighted by molar-refractivity contribution is -0.131. The van der Waals surface area contributed by atoms with Gasteiger partial charge in [-0.3, -0.25) is 14.6 Å².